The normalized spacial score (nSPS) is 11.6. The summed E-state index contributed by atoms with van der Waals surface area (Å²) in [4.78, 5) is 10.9. The van der Waals surface area contributed by atoms with Crippen LogP contribution in [0.1, 0.15) is 5.56 Å². The predicted octanol–water partition coefficient (Wildman–Crippen LogP) is 0.621. The lowest BCUT2D eigenvalue weighted by Gasteiger charge is -2.01. The van der Waals surface area contributed by atoms with Gasteiger partial charge in [0.25, 0.3) is 14.6 Å². The van der Waals surface area contributed by atoms with E-state index in [0.29, 0.717) is 5.56 Å². The van der Waals surface area contributed by atoms with E-state index in [1.165, 1.54) is 23.9 Å². The van der Waals surface area contributed by atoms with Gasteiger partial charge in [-0.1, -0.05) is 0 Å². The molecule has 0 spiro atoms. The van der Waals surface area contributed by atoms with Crippen LogP contribution in [-0.2, 0) is 16.1 Å². The molecule has 0 aliphatic heterocycles. The number of pyridine rings is 1. The first-order valence-electron chi connectivity index (χ1n) is 3.44. The molecule has 0 amide bonds. The Morgan fingerprint density at radius 1 is 1.46 bits per heavy atom. The van der Waals surface area contributed by atoms with Gasteiger partial charge >= 0.3 is 0 Å². The second-order valence-electron chi connectivity index (χ2n) is 2.74. The number of hydrogen-bond donors (Lipinski definition) is 0. The first kappa shape index (κ1) is 10.3. The van der Waals surface area contributed by atoms with Gasteiger partial charge in [0.1, 0.15) is 4.90 Å². The molecule has 6 heteroatoms. The molecule has 1 heterocycles. The Morgan fingerprint density at radius 2 is 2.00 bits per heavy atom. The summed E-state index contributed by atoms with van der Waals surface area (Å²) in [5.74, 6) is 0. The average Bonchev–Trinajstić information content (AvgIpc) is 1.94. The van der Waals surface area contributed by atoms with Crippen molar-refractivity contribution in [3.05, 3.63) is 28.2 Å². The van der Waals surface area contributed by atoms with Crippen molar-refractivity contribution >= 4 is 19.7 Å². The largest absolute Gasteiger partial charge is 0.317 e. The van der Waals surface area contributed by atoms with E-state index in [-0.39, 0.29) is 4.90 Å². The third kappa shape index (κ3) is 2.10. The molecule has 0 bridgehead atoms. The predicted molar refractivity (Wildman–Crippen MR) is 49.5 cm³/mol. The fourth-order valence-corrected chi connectivity index (χ4v) is 2.03. The van der Waals surface area contributed by atoms with Crippen molar-refractivity contribution in [1.82, 2.24) is 4.57 Å². The van der Waals surface area contributed by atoms with Crippen molar-refractivity contribution in [2.75, 3.05) is 0 Å². The zero-order valence-corrected chi connectivity index (χ0v) is 8.69. The Balaban J connectivity index is 3.66. The van der Waals surface area contributed by atoms with E-state index in [1.807, 2.05) is 0 Å². The lowest BCUT2D eigenvalue weighted by atomic mass is 10.3. The fraction of sp³-hybridized carbons (Fsp3) is 0.286. The Bertz CT molecular complexity index is 489. The summed E-state index contributed by atoms with van der Waals surface area (Å²) in [6.07, 6.45) is 1.54. The average molecular weight is 222 g/mol. The van der Waals surface area contributed by atoms with Crippen molar-refractivity contribution < 1.29 is 8.42 Å². The first-order chi connectivity index (χ1) is 5.82. The molecule has 0 aromatic carbocycles. The van der Waals surface area contributed by atoms with Gasteiger partial charge in [0.15, 0.2) is 0 Å². The number of aromatic nitrogens is 1. The summed E-state index contributed by atoms with van der Waals surface area (Å²) < 4.78 is 23.0. The van der Waals surface area contributed by atoms with E-state index < -0.39 is 14.6 Å². The maximum absolute atomic E-state index is 11.3. The van der Waals surface area contributed by atoms with E-state index in [9.17, 15) is 13.2 Å². The summed E-state index contributed by atoms with van der Waals surface area (Å²) in [6, 6.07) is 1.25. The molecule has 0 saturated heterocycles. The van der Waals surface area contributed by atoms with Crippen molar-refractivity contribution in [1.29, 1.82) is 0 Å². The molecule has 0 aliphatic rings. The number of rotatable bonds is 1. The summed E-state index contributed by atoms with van der Waals surface area (Å²) in [5.41, 5.74) is 0.0573. The van der Waals surface area contributed by atoms with Gasteiger partial charge in [0.05, 0.1) is 0 Å². The van der Waals surface area contributed by atoms with Crippen LogP contribution in [0.3, 0.4) is 0 Å². The van der Waals surface area contributed by atoms with E-state index in [2.05, 4.69) is 0 Å². The Labute approximate surface area is 80.2 Å². The van der Waals surface area contributed by atoms with E-state index >= 15 is 0 Å². The van der Waals surface area contributed by atoms with Crippen molar-refractivity contribution in [2.24, 2.45) is 7.05 Å². The molecule has 1 aromatic rings. The molecule has 0 N–H and O–H groups in total. The van der Waals surface area contributed by atoms with Gasteiger partial charge in [-0.05, 0) is 18.6 Å². The van der Waals surface area contributed by atoms with Crippen LogP contribution in [0.25, 0.3) is 0 Å². The Kier molecular flexibility index (Phi) is 2.49. The summed E-state index contributed by atoms with van der Waals surface area (Å²) >= 11 is 0. The third-order valence-electron chi connectivity index (χ3n) is 1.55. The number of nitrogens with zero attached hydrogens (tertiary/aromatic N) is 1. The van der Waals surface area contributed by atoms with Crippen LogP contribution >= 0.6 is 10.7 Å². The summed E-state index contributed by atoms with van der Waals surface area (Å²) in [6.45, 7) is 1.69. The minimum absolute atomic E-state index is 0.378. The zero-order valence-electron chi connectivity index (χ0n) is 7.11. The molecule has 4 nitrogen and oxygen atoms in total. The smallest absolute Gasteiger partial charge is 0.270 e. The van der Waals surface area contributed by atoms with Gasteiger partial charge in [-0.15, -0.1) is 0 Å². The first-order valence-corrected chi connectivity index (χ1v) is 5.75. The van der Waals surface area contributed by atoms with E-state index in [4.69, 9.17) is 10.7 Å². The lowest BCUT2D eigenvalue weighted by Crippen LogP contribution is -2.21. The molecule has 13 heavy (non-hydrogen) atoms. The quantitative estimate of drug-likeness (QED) is 0.654. The van der Waals surface area contributed by atoms with Crippen LogP contribution in [0.15, 0.2) is 22.0 Å². The summed E-state index contributed by atoms with van der Waals surface area (Å²) in [7, 11) is 2.60. The minimum atomic E-state index is -3.94. The zero-order chi connectivity index (χ0) is 10.2. The second kappa shape index (κ2) is 3.16. The lowest BCUT2D eigenvalue weighted by molar-refractivity contribution is 0.606. The van der Waals surface area contributed by atoms with Crippen LogP contribution in [0.2, 0.25) is 0 Å². The van der Waals surface area contributed by atoms with E-state index in [0.717, 1.165) is 0 Å². The standard InChI is InChI=1S/C7H8ClNO3S/c1-5-3-6(13(8,11)12)7(10)9(2)4-5/h3-4H,1-2H3. The monoisotopic (exact) mass is 221 g/mol. The van der Waals surface area contributed by atoms with Crippen LogP contribution in [0.5, 0.6) is 0 Å². The number of aryl methyl sites for hydroxylation is 2. The maximum atomic E-state index is 11.3. The van der Waals surface area contributed by atoms with Crippen molar-refractivity contribution in [3.8, 4) is 0 Å². The maximum Gasteiger partial charge on any atom is 0.270 e. The Hall–Kier alpha value is -0.810. The highest BCUT2D eigenvalue weighted by Gasteiger charge is 2.15. The highest BCUT2D eigenvalue weighted by atomic mass is 35.7. The van der Waals surface area contributed by atoms with Crippen molar-refractivity contribution in [3.63, 3.8) is 0 Å². The van der Waals surface area contributed by atoms with Crippen LogP contribution in [0, 0.1) is 6.92 Å². The summed E-state index contributed by atoms with van der Waals surface area (Å²) in [5, 5.41) is 0. The highest BCUT2D eigenvalue weighted by molar-refractivity contribution is 8.13. The molecular weight excluding hydrogens is 214 g/mol. The van der Waals surface area contributed by atoms with E-state index in [1.54, 1.807) is 6.92 Å². The molecule has 0 aliphatic carbocycles. The van der Waals surface area contributed by atoms with Gasteiger partial charge < -0.3 is 4.57 Å². The van der Waals surface area contributed by atoms with Gasteiger partial charge in [0.2, 0.25) is 0 Å². The van der Waals surface area contributed by atoms with Gasteiger partial charge in [-0.25, -0.2) is 8.42 Å². The Morgan fingerprint density at radius 3 is 2.46 bits per heavy atom. The molecule has 0 fully saturated rings. The molecular formula is C7H8ClNO3S. The molecule has 0 atom stereocenters. The SMILES string of the molecule is Cc1cc(S(=O)(=O)Cl)c(=O)n(C)c1. The number of hydrogen-bond acceptors (Lipinski definition) is 3. The molecule has 0 saturated carbocycles. The highest BCUT2D eigenvalue weighted by Crippen LogP contribution is 2.10. The molecule has 72 valence electrons. The minimum Gasteiger partial charge on any atom is -0.317 e. The van der Waals surface area contributed by atoms with Crippen LogP contribution in [0.4, 0.5) is 0 Å². The molecule has 0 unspecified atom stereocenters. The fourth-order valence-electron chi connectivity index (χ4n) is 1.02. The molecule has 1 aromatic heterocycles. The van der Waals surface area contributed by atoms with Crippen molar-refractivity contribution in [2.45, 2.75) is 11.8 Å². The van der Waals surface area contributed by atoms with Gasteiger partial charge in [-0.3, -0.25) is 4.79 Å². The number of halogens is 1. The van der Waals surface area contributed by atoms with Gasteiger partial charge in [0, 0.05) is 23.9 Å². The molecule has 1 rings (SSSR count). The molecule has 0 radical (unpaired) electrons. The third-order valence-corrected chi connectivity index (χ3v) is 2.87. The van der Waals surface area contributed by atoms with Gasteiger partial charge in [-0.2, -0.15) is 0 Å². The van der Waals surface area contributed by atoms with Crippen LogP contribution in [-0.4, -0.2) is 13.0 Å². The second-order valence-corrected chi connectivity index (χ2v) is 5.27. The van der Waals surface area contributed by atoms with Crippen LogP contribution < -0.4 is 5.56 Å². The topological polar surface area (TPSA) is 56.1 Å².